The number of aromatic nitrogens is 2. The summed E-state index contributed by atoms with van der Waals surface area (Å²) < 4.78 is 13.9. The maximum Gasteiger partial charge on any atom is 0.148 e. The average Bonchev–Trinajstić information content (AvgIpc) is 2.50. The average molecular weight is 286 g/mol. The molecule has 0 aliphatic heterocycles. The van der Waals surface area contributed by atoms with E-state index in [-0.39, 0.29) is 11.3 Å². The van der Waals surface area contributed by atoms with E-state index in [1.54, 1.807) is 6.92 Å². The van der Waals surface area contributed by atoms with Gasteiger partial charge in [0.2, 0.25) is 0 Å². The fraction of sp³-hybridized carbons (Fsp3) is 0.214. The van der Waals surface area contributed by atoms with Crippen LogP contribution in [0.2, 0.25) is 0 Å². The number of aryl methyl sites for hydroxylation is 1. The van der Waals surface area contributed by atoms with Crippen molar-refractivity contribution in [3.05, 3.63) is 41.0 Å². The van der Waals surface area contributed by atoms with E-state index in [0.717, 1.165) is 0 Å². The van der Waals surface area contributed by atoms with Gasteiger partial charge in [-0.2, -0.15) is 5.26 Å². The lowest BCUT2D eigenvalue weighted by Crippen LogP contribution is -2.14. The Labute approximate surface area is 121 Å². The van der Waals surface area contributed by atoms with Gasteiger partial charge in [0.25, 0.3) is 0 Å². The van der Waals surface area contributed by atoms with Crippen molar-refractivity contribution in [2.75, 3.05) is 10.7 Å². The van der Waals surface area contributed by atoms with Crippen LogP contribution in [-0.2, 0) is 6.42 Å². The Kier molecular flexibility index (Phi) is 4.30. The maximum absolute atomic E-state index is 13.9. The molecule has 4 N–H and O–H groups in total. The van der Waals surface area contributed by atoms with E-state index in [9.17, 15) is 4.39 Å². The van der Waals surface area contributed by atoms with Crippen molar-refractivity contribution in [2.24, 2.45) is 5.84 Å². The first-order valence-electron chi connectivity index (χ1n) is 6.39. The van der Waals surface area contributed by atoms with Gasteiger partial charge in [0, 0.05) is 12.0 Å². The van der Waals surface area contributed by atoms with Crippen molar-refractivity contribution in [1.29, 1.82) is 5.26 Å². The summed E-state index contributed by atoms with van der Waals surface area (Å²) in [5, 5.41) is 11.7. The summed E-state index contributed by atoms with van der Waals surface area (Å²) in [4.78, 5) is 8.57. The first-order valence-corrected chi connectivity index (χ1v) is 6.39. The number of hydrazine groups is 1. The molecular formula is C14H15FN6. The molecule has 108 valence electrons. The van der Waals surface area contributed by atoms with E-state index in [1.165, 1.54) is 18.2 Å². The molecule has 0 aliphatic carbocycles. The van der Waals surface area contributed by atoms with Crippen molar-refractivity contribution in [3.63, 3.8) is 0 Å². The van der Waals surface area contributed by atoms with Gasteiger partial charge in [-0.1, -0.05) is 6.92 Å². The van der Waals surface area contributed by atoms with Crippen LogP contribution in [0.1, 0.15) is 23.9 Å². The quantitative estimate of drug-likeness (QED) is 0.589. The summed E-state index contributed by atoms with van der Waals surface area (Å²) in [6, 6.07) is 6.08. The topological polar surface area (TPSA) is 99.6 Å². The lowest BCUT2D eigenvalue weighted by Gasteiger charge is -2.13. The van der Waals surface area contributed by atoms with E-state index in [2.05, 4.69) is 20.7 Å². The number of nitrogen functional groups attached to an aromatic ring is 1. The molecule has 0 aliphatic rings. The van der Waals surface area contributed by atoms with E-state index in [4.69, 9.17) is 11.1 Å². The fourth-order valence-electron chi connectivity index (χ4n) is 1.80. The van der Waals surface area contributed by atoms with Gasteiger partial charge in [-0.15, -0.1) is 0 Å². The molecule has 1 aromatic carbocycles. The molecule has 6 nitrogen and oxygen atoms in total. The van der Waals surface area contributed by atoms with Crippen molar-refractivity contribution in [3.8, 4) is 6.07 Å². The molecule has 0 bridgehead atoms. The summed E-state index contributed by atoms with van der Waals surface area (Å²) >= 11 is 0. The number of nitrogens with one attached hydrogen (secondary N) is 2. The maximum atomic E-state index is 13.9. The van der Waals surface area contributed by atoms with Gasteiger partial charge in [0.1, 0.15) is 23.3 Å². The van der Waals surface area contributed by atoms with Crippen molar-refractivity contribution >= 4 is 17.3 Å². The molecule has 21 heavy (non-hydrogen) atoms. The van der Waals surface area contributed by atoms with E-state index < -0.39 is 5.82 Å². The van der Waals surface area contributed by atoms with E-state index in [1.807, 2.05) is 13.0 Å². The van der Waals surface area contributed by atoms with Crippen LogP contribution >= 0.6 is 0 Å². The van der Waals surface area contributed by atoms with Crippen LogP contribution in [0.3, 0.4) is 0 Å². The number of hydrogen-bond donors (Lipinski definition) is 3. The zero-order valence-electron chi connectivity index (χ0n) is 11.7. The highest BCUT2D eigenvalue weighted by molar-refractivity contribution is 5.65. The standard InChI is InChI=1S/C14H15FN6/c1-3-12-19-13(8(2)14(20-12)21-17)18-11-5-4-9(7-16)6-10(11)15/h4-6H,3,17H2,1-2H3,(H2,18,19,20,21). The second-order valence-electron chi connectivity index (χ2n) is 4.39. The second kappa shape index (κ2) is 6.15. The molecule has 0 saturated heterocycles. The molecule has 0 atom stereocenters. The summed E-state index contributed by atoms with van der Waals surface area (Å²) in [6.07, 6.45) is 0.624. The minimum absolute atomic E-state index is 0.237. The predicted octanol–water partition coefficient (Wildman–Crippen LogP) is 2.39. The molecule has 0 fully saturated rings. The highest BCUT2D eigenvalue weighted by Crippen LogP contribution is 2.25. The highest BCUT2D eigenvalue weighted by atomic mass is 19.1. The lowest BCUT2D eigenvalue weighted by molar-refractivity contribution is 0.631. The van der Waals surface area contributed by atoms with Gasteiger partial charge in [0.05, 0.1) is 17.3 Å². The third-order valence-corrected chi connectivity index (χ3v) is 3.00. The number of halogens is 1. The smallest absolute Gasteiger partial charge is 0.148 e. The first-order chi connectivity index (χ1) is 10.1. The largest absolute Gasteiger partial charge is 0.337 e. The molecule has 7 heteroatoms. The molecule has 0 amide bonds. The third kappa shape index (κ3) is 3.07. The zero-order valence-corrected chi connectivity index (χ0v) is 11.7. The van der Waals surface area contributed by atoms with Crippen LogP contribution in [0, 0.1) is 24.1 Å². The Bertz CT molecular complexity index is 707. The summed E-state index contributed by atoms with van der Waals surface area (Å²) in [6.45, 7) is 3.69. The Balaban J connectivity index is 2.42. The van der Waals surface area contributed by atoms with E-state index >= 15 is 0 Å². The summed E-state index contributed by atoms with van der Waals surface area (Å²) in [7, 11) is 0. The van der Waals surface area contributed by atoms with Gasteiger partial charge in [-0.25, -0.2) is 20.2 Å². The Morgan fingerprint density at radius 2 is 2.05 bits per heavy atom. The normalized spacial score (nSPS) is 10.0. The monoisotopic (exact) mass is 286 g/mol. The van der Waals surface area contributed by atoms with Crippen molar-refractivity contribution in [2.45, 2.75) is 20.3 Å². The Hall–Kier alpha value is -2.72. The van der Waals surface area contributed by atoms with Gasteiger partial charge < -0.3 is 10.7 Å². The van der Waals surface area contributed by atoms with Crippen LogP contribution < -0.4 is 16.6 Å². The molecule has 0 radical (unpaired) electrons. The third-order valence-electron chi connectivity index (χ3n) is 3.00. The van der Waals surface area contributed by atoms with Crippen LogP contribution in [-0.4, -0.2) is 9.97 Å². The lowest BCUT2D eigenvalue weighted by atomic mass is 10.2. The number of rotatable bonds is 4. The minimum atomic E-state index is -0.521. The van der Waals surface area contributed by atoms with Crippen LogP contribution in [0.15, 0.2) is 18.2 Å². The predicted molar refractivity (Wildman–Crippen MR) is 78.4 cm³/mol. The van der Waals surface area contributed by atoms with Crippen LogP contribution in [0.5, 0.6) is 0 Å². The number of benzene rings is 1. The van der Waals surface area contributed by atoms with Crippen molar-refractivity contribution in [1.82, 2.24) is 9.97 Å². The molecule has 1 aromatic heterocycles. The number of nitrogens with zero attached hydrogens (tertiary/aromatic N) is 3. The number of anilines is 3. The molecular weight excluding hydrogens is 271 g/mol. The second-order valence-corrected chi connectivity index (χ2v) is 4.39. The van der Waals surface area contributed by atoms with Crippen molar-refractivity contribution < 1.29 is 4.39 Å². The molecule has 1 heterocycles. The molecule has 2 aromatic rings. The van der Waals surface area contributed by atoms with Gasteiger partial charge >= 0.3 is 0 Å². The number of hydrogen-bond acceptors (Lipinski definition) is 6. The van der Waals surface area contributed by atoms with Crippen LogP contribution in [0.25, 0.3) is 0 Å². The Morgan fingerprint density at radius 1 is 1.33 bits per heavy atom. The Morgan fingerprint density at radius 3 is 2.62 bits per heavy atom. The highest BCUT2D eigenvalue weighted by Gasteiger charge is 2.12. The number of nitriles is 1. The first kappa shape index (κ1) is 14.7. The van der Waals surface area contributed by atoms with Gasteiger partial charge in [-0.05, 0) is 25.1 Å². The minimum Gasteiger partial charge on any atom is -0.337 e. The number of nitrogens with two attached hydrogens (primary N) is 1. The summed E-state index contributed by atoms with van der Waals surface area (Å²) in [5.41, 5.74) is 3.68. The van der Waals surface area contributed by atoms with Gasteiger partial charge in [0.15, 0.2) is 0 Å². The van der Waals surface area contributed by atoms with Gasteiger partial charge in [-0.3, -0.25) is 0 Å². The fourth-order valence-corrected chi connectivity index (χ4v) is 1.80. The zero-order chi connectivity index (χ0) is 15.4. The van der Waals surface area contributed by atoms with E-state index in [0.29, 0.717) is 29.4 Å². The molecule has 0 saturated carbocycles. The SMILES string of the molecule is CCc1nc(NN)c(C)c(Nc2ccc(C#N)cc2F)n1. The summed E-state index contributed by atoms with van der Waals surface area (Å²) in [5.74, 6) is 6.45. The molecule has 0 unspecified atom stereocenters. The molecule has 0 spiro atoms. The molecule has 2 rings (SSSR count). The van der Waals surface area contributed by atoms with Crippen LogP contribution in [0.4, 0.5) is 21.7 Å².